The van der Waals surface area contributed by atoms with E-state index in [-0.39, 0.29) is 4.87 Å². The lowest BCUT2D eigenvalue weighted by molar-refractivity contribution is 0.570. The van der Waals surface area contributed by atoms with Gasteiger partial charge in [-0.3, -0.25) is 0 Å². The van der Waals surface area contributed by atoms with Crippen molar-refractivity contribution >= 4 is 11.6 Å². The minimum absolute atomic E-state index is 0.223. The van der Waals surface area contributed by atoms with Gasteiger partial charge in [-0.2, -0.15) is 0 Å². The van der Waals surface area contributed by atoms with Crippen LogP contribution in [0.1, 0.15) is 20.8 Å². The zero-order valence-electron chi connectivity index (χ0n) is 6.61. The van der Waals surface area contributed by atoms with Crippen LogP contribution in [0.25, 0.3) is 0 Å². The molecule has 0 heterocycles. The highest BCUT2D eigenvalue weighted by molar-refractivity contribution is 6.25. The van der Waals surface area contributed by atoms with Crippen LogP contribution in [0, 0.1) is 12.0 Å². The molecule has 1 aliphatic carbocycles. The van der Waals surface area contributed by atoms with Crippen molar-refractivity contribution in [3.05, 3.63) is 23.8 Å². The summed E-state index contributed by atoms with van der Waals surface area (Å²) in [5.41, 5.74) is 1.20. The molecule has 0 aromatic heterocycles. The zero-order chi connectivity index (χ0) is 7.78. The van der Waals surface area contributed by atoms with Gasteiger partial charge in [0, 0.05) is 5.92 Å². The van der Waals surface area contributed by atoms with Gasteiger partial charge < -0.3 is 0 Å². The average molecular weight is 156 g/mol. The van der Waals surface area contributed by atoms with E-state index in [2.05, 4.69) is 19.1 Å². The third kappa shape index (κ3) is 1.43. The summed E-state index contributed by atoms with van der Waals surface area (Å²) < 4.78 is 0. The third-order valence-electron chi connectivity index (χ3n) is 1.92. The largest absolute Gasteiger partial charge is 0.114 e. The Hall–Kier alpha value is -0.230. The van der Waals surface area contributed by atoms with Crippen LogP contribution in [-0.2, 0) is 0 Å². The average Bonchev–Trinajstić information content (AvgIpc) is 1.78. The van der Waals surface area contributed by atoms with E-state index in [1.165, 1.54) is 5.57 Å². The van der Waals surface area contributed by atoms with Gasteiger partial charge in [-0.05, 0) is 19.9 Å². The molecule has 2 atom stereocenters. The molecule has 0 bridgehead atoms. The van der Waals surface area contributed by atoms with Crippen LogP contribution in [0.2, 0.25) is 0 Å². The van der Waals surface area contributed by atoms with Gasteiger partial charge in [-0.1, -0.05) is 24.6 Å². The summed E-state index contributed by atoms with van der Waals surface area (Å²) >= 11 is 6.16. The summed E-state index contributed by atoms with van der Waals surface area (Å²) in [6, 6.07) is 0. The molecule has 0 fully saturated rings. The maximum atomic E-state index is 6.16. The summed E-state index contributed by atoms with van der Waals surface area (Å²) in [5.74, 6) is 0.317. The Morgan fingerprint density at radius 1 is 1.70 bits per heavy atom. The van der Waals surface area contributed by atoms with E-state index in [1.54, 1.807) is 0 Å². The van der Waals surface area contributed by atoms with Crippen molar-refractivity contribution in [2.45, 2.75) is 25.6 Å². The monoisotopic (exact) mass is 155 g/mol. The van der Waals surface area contributed by atoms with Gasteiger partial charge in [0.2, 0.25) is 0 Å². The van der Waals surface area contributed by atoms with Gasteiger partial charge in [0.25, 0.3) is 0 Å². The zero-order valence-corrected chi connectivity index (χ0v) is 7.37. The second-order valence-corrected chi connectivity index (χ2v) is 3.89. The Labute approximate surface area is 67.6 Å². The molecule has 0 amide bonds. The lowest BCUT2D eigenvalue weighted by Gasteiger charge is -2.26. The highest BCUT2D eigenvalue weighted by atomic mass is 35.5. The number of halogens is 1. The molecule has 0 aromatic rings. The minimum Gasteiger partial charge on any atom is -0.114 e. The van der Waals surface area contributed by atoms with Gasteiger partial charge in [-0.15, -0.1) is 11.6 Å². The fourth-order valence-corrected chi connectivity index (χ4v) is 1.27. The predicted molar refractivity (Wildman–Crippen MR) is 45.0 cm³/mol. The summed E-state index contributed by atoms with van der Waals surface area (Å²) in [5, 5.41) is 0. The van der Waals surface area contributed by atoms with E-state index < -0.39 is 0 Å². The molecule has 1 radical (unpaired) electrons. The molecule has 0 nitrogen and oxygen atoms in total. The number of hydrogen-bond donors (Lipinski definition) is 0. The first-order valence-electron chi connectivity index (χ1n) is 3.50. The quantitative estimate of drug-likeness (QED) is 0.472. The van der Waals surface area contributed by atoms with Crippen LogP contribution in [0.4, 0.5) is 0 Å². The molecule has 0 aromatic carbocycles. The highest BCUT2D eigenvalue weighted by Gasteiger charge is 2.26. The molecule has 0 N–H and O–H groups in total. The summed E-state index contributed by atoms with van der Waals surface area (Å²) in [4.78, 5) is -0.223. The Bertz CT molecular complexity index is 187. The molecule has 1 aliphatic rings. The van der Waals surface area contributed by atoms with Crippen LogP contribution >= 0.6 is 11.6 Å². The van der Waals surface area contributed by atoms with E-state index in [0.717, 1.165) is 0 Å². The highest BCUT2D eigenvalue weighted by Crippen LogP contribution is 2.31. The van der Waals surface area contributed by atoms with E-state index in [9.17, 15) is 0 Å². The lowest BCUT2D eigenvalue weighted by atomic mass is 9.88. The molecule has 0 aliphatic heterocycles. The third-order valence-corrected chi connectivity index (χ3v) is 2.35. The van der Waals surface area contributed by atoms with Gasteiger partial charge in [-0.25, -0.2) is 0 Å². The summed E-state index contributed by atoms with van der Waals surface area (Å²) in [6.45, 7) is 6.13. The van der Waals surface area contributed by atoms with Crippen LogP contribution in [0.3, 0.4) is 0 Å². The summed E-state index contributed by atoms with van der Waals surface area (Å²) in [6.07, 6.45) is 7.27. The lowest BCUT2D eigenvalue weighted by Crippen LogP contribution is -2.24. The molecule has 0 saturated carbocycles. The molecule has 10 heavy (non-hydrogen) atoms. The smallest absolute Gasteiger partial charge is 0.0669 e. The number of rotatable bonds is 0. The van der Waals surface area contributed by atoms with E-state index in [0.29, 0.717) is 5.92 Å². The maximum Gasteiger partial charge on any atom is 0.0669 e. The molecule has 1 rings (SSSR count). The van der Waals surface area contributed by atoms with E-state index >= 15 is 0 Å². The van der Waals surface area contributed by atoms with E-state index in [4.69, 9.17) is 11.6 Å². The fourth-order valence-electron chi connectivity index (χ4n) is 1.03. The van der Waals surface area contributed by atoms with Crippen molar-refractivity contribution in [3.8, 4) is 0 Å². The topological polar surface area (TPSA) is 0 Å². The molecular weight excluding hydrogens is 144 g/mol. The Balaban J connectivity index is 2.88. The molecular formula is C9H12Cl. The number of hydrogen-bond acceptors (Lipinski definition) is 0. The standard InChI is InChI=1S/C9H12Cl/c1-7-4-5-8(2)9(3,10)6-7/h4,6,8H,1-3H3. The Morgan fingerprint density at radius 3 is 2.70 bits per heavy atom. The molecule has 0 spiro atoms. The van der Waals surface area contributed by atoms with Crippen LogP contribution < -0.4 is 0 Å². The van der Waals surface area contributed by atoms with Crippen molar-refractivity contribution in [1.82, 2.24) is 0 Å². The Morgan fingerprint density at radius 2 is 2.30 bits per heavy atom. The van der Waals surface area contributed by atoms with Gasteiger partial charge >= 0.3 is 0 Å². The number of allylic oxidation sites excluding steroid dienone is 4. The van der Waals surface area contributed by atoms with Gasteiger partial charge in [0.15, 0.2) is 0 Å². The first kappa shape index (κ1) is 7.87. The van der Waals surface area contributed by atoms with Crippen molar-refractivity contribution in [2.75, 3.05) is 0 Å². The van der Waals surface area contributed by atoms with Crippen LogP contribution in [0.5, 0.6) is 0 Å². The predicted octanol–water partition coefficient (Wildman–Crippen LogP) is 2.94. The normalized spacial score (nSPS) is 39.6. The van der Waals surface area contributed by atoms with E-state index in [1.807, 2.05) is 19.9 Å². The first-order chi connectivity index (χ1) is 4.52. The number of alkyl halides is 1. The minimum atomic E-state index is -0.223. The van der Waals surface area contributed by atoms with Crippen LogP contribution in [0.15, 0.2) is 17.7 Å². The first-order valence-corrected chi connectivity index (χ1v) is 3.88. The van der Waals surface area contributed by atoms with Crippen molar-refractivity contribution in [2.24, 2.45) is 5.92 Å². The maximum absolute atomic E-state index is 6.16. The van der Waals surface area contributed by atoms with Gasteiger partial charge in [0.1, 0.15) is 0 Å². The molecule has 1 heteroatoms. The van der Waals surface area contributed by atoms with Gasteiger partial charge in [0.05, 0.1) is 4.87 Å². The van der Waals surface area contributed by atoms with Crippen molar-refractivity contribution in [3.63, 3.8) is 0 Å². The second-order valence-electron chi connectivity index (χ2n) is 3.07. The molecule has 55 valence electrons. The van der Waals surface area contributed by atoms with Crippen molar-refractivity contribution in [1.29, 1.82) is 0 Å². The SMILES string of the molecule is CC1=CC(C)(Cl)C(C)[C]=C1. The Kier molecular flexibility index (Phi) is 1.91. The second kappa shape index (κ2) is 2.43. The fraction of sp³-hybridized carbons (Fsp3) is 0.556. The molecule has 2 unspecified atom stereocenters. The van der Waals surface area contributed by atoms with Crippen molar-refractivity contribution < 1.29 is 0 Å². The van der Waals surface area contributed by atoms with Crippen LogP contribution in [-0.4, -0.2) is 4.87 Å². The molecule has 0 saturated heterocycles. The summed E-state index contributed by atoms with van der Waals surface area (Å²) in [7, 11) is 0.